The Morgan fingerprint density at radius 2 is 1.94 bits per heavy atom. The molecule has 0 bridgehead atoms. The van der Waals surface area contributed by atoms with E-state index in [1.807, 2.05) is 18.2 Å². The van der Waals surface area contributed by atoms with Crippen molar-refractivity contribution in [2.45, 2.75) is 13.0 Å². The molecule has 0 spiro atoms. The molecule has 0 aliphatic rings. The molecule has 0 aliphatic carbocycles. The SMILES string of the molecule is CC(Nc1cc(I)ncn1)c1ccc(Br)cc1. The first-order valence-electron chi connectivity index (χ1n) is 5.14. The molecule has 0 amide bonds. The lowest BCUT2D eigenvalue weighted by atomic mass is 10.1. The van der Waals surface area contributed by atoms with Crippen LogP contribution in [0, 0.1) is 3.70 Å². The molecule has 5 heteroatoms. The summed E-state index contributed by atoms with van der Waals surface area (Å²) in [7, 11) is 0. The van der Waals surface area contributed by atoms with Gasteiger partial charge in [-0.05, 0) is 47.2 Å². The van der Waals surface area contributed by atoms with Gasteiger partial charge in [0.05, 0.1) is 0 Å². The van der Waals surface area contributed by atoms with Crippen molar-refractivity contribution in [3.63, 3.8) is 0 Å². The maximum atomic E-state index is 4.19. The minimum atomic E-state index is 0.216. The molecule has 1 aromatic carbocycles. The molecule has 0 saturated heterocycles. The lowest BCUT2D eigenvalue weighted by Gasteiger charge is -2.14. The highest BCUT2D eigenvalue weighted by Gasteiger charge is 2.06. The van der Waals surface area contributed by atoms with Gasteiger partial charge in [-0.1, -0.05) is 28.1 Å². The fourth-order valence-corrected chi connectivity index (χ4v) is 2.15. The van der Waals surface area contributed by atoms with Gasteiger partial charge in [-0.15, -0.1) is 0 Å². The second-order valence-corrected chi connectivity index (χ2v) is 5.66. The van der Waals surface area contributed by atoms with E-state index in [0.717, 1.165) is 14.0 Å². The Morgan fingerprint density at radius 1 is 1.24 bits per heavy atom. The molecule has 1 aromatic heterocycles. The topological polar surface area (TPSA) is 37.8 Å². The van der Waals surface area contributed by atoms with Crippen LogP contribution in [0.1, 0.15) is 18.5 Å². The molecule has 88 valence electrons. The lowest BCUT2D eigenvalue weighted by molar-refractivity contribution is 0.870. The smallest absolute Gasteiger partial charge is 0.130 e. The standard InChI is InChI=1S/C12H11BrIN3/c1-8(9-2-4-10(13)5-3-9)17-12-6-11(14)15-7-16-12/h2-8H,1H3,(H,15,16,17). The number of aromatic nitrogens is 2. The van der Waals surface area contributed by atoms with Gasteiger partial charge in [-0.3, -0.25) is 0 Å². The average molecular weight is 404 g/mol. The third kappa shape index (κ3) is 3.64. The monoisotopic (exact) mass is 403 g/mol. The van der Waals surface area contributed by atoms with Gasteiger partial charge in [0.2, 0.25) is 0 Å². The van der Waals surface area contributed by atoms with Crippen molar-refractivity contribution in [3.8, 4) is 0 Å². The number of hydrogen-bond acceptors (Lipinski definition) is 3. The molecule has 0 fully saturated rings. The van der Waals surface area contributed by atoms with Crippen LogP contribution in [0.4, 0.5) is 5.82 Å². The van der Waals surface area contributed by atoms with E-state index < -0.39 is 0 Å². The Bertz CT molecular complexity index is 501. The lowest BCUT2D eigenvalue weighted by Crippen LogP contribution is -2.08. The van der Waals surface area contributed by atoms with Crippen LogP contribution in [0.25, 0.3) is 0 Å². The number of benzene rings is 1. The van der Waals surface area contributed by atoms with Crippen molar-refractivity contribution in [1.29, 1.82) is 0 Å². The van der Waals surface area contributed by atoms with Gasteiger partial charge in [0, 0.05) is 16.6 Å². The van der Waals surface area contributed by atoms with Gasteiger partial charge in [0.15, 0.2) is 0 Å². The summed E-state index contributed by atoms with van der Waals surface area (Å²) in [4.78, 5) is 8.25. The third-order valence-corrected chi connectivity index (χ3v) is 3.49. The van der Waals surface area contributed by atoms with Crippen LogP contribution >= 0.6 is 38.5 Å². The summed E-state index contributed by atoms with van der Waals surface area (Å²) in [5.41, 5.74) is 1.22. The zero-order valence-electron chi connectivity index (χ0n) is 9.19. The van der Waals surface area contributed by atoms with Gasteiger partial charge < -0.3 is 5.32 Å². The van der Waals surface area contributed by atoms with E-state index >= 15 is 0 Å². The van der Waals surface area contributed by atoms with E-state index in [2.05, 4.69) is 72.9 Å². The van der Waals surface area contributed by atoms with Crippen LogP contribution < -0.4 is 5.32 Å². The zero-order valence-corrected chi connectivity index (χ0v) is 12.9. The van der Waals surface area contributed by atoms with Crippen LogP contribution in [0.3, 0.4) is 0 Å². The predicted molar refractivity (Wildman–Crippen MR) is 80.9 cm³/mol. The summed E-state index contributed by atoms with van der Waals surface area (Å²) < 4.78 is 2.02. The maximum absolute atomic E-state index is 4.19. The minimum Gasteiger partial charge on any atom is -0.363 e. The molecule has 1 atom stereocenters. The Kier molecular flexibility index (Phi) is 4.33. The second-order valence-electron chi connectivity index (χ2n) is 3.64. The summed E-state index contributed by atoms with van der Waals surface area (Å²) in [6, 6.07) is 10.4. The van der Waals surface area contributed by atoms with Crippen LogP contribution in [0.5, 0.6) is 0 Å². The van der Waals surface area contributed by atoms with Gasteiger partial charge in [0.1, 0.15) is 15.8 Å². The first-order chi connectivity index (χ1) is 8.15. The van der Waals surface area contributed by atoms with Crippen LogP contribution in [0.15, 0.2) is 41.1 Å². The van der Waals surface area contributed by atoms with Crippen molar-refractivity contribution in [2.24, 2.45) is 0 Å². The van der Waals surface area contributed by atoms with Gasteiger partial charge in [0.25, 0.3) is 0 Å². The molecule has 2 aromatic rings. The maximum Gasteiger partial charge on any atom is 0.130 e. The molecule has 1 heterocycles. The average Bonchev–Trinajstić information content (AvgIpc) is 2.29. The number of rotatable bonds is 3. The molecule has 1 N–H and O–H groups in total. The fraction of sp³-hybridized carbons (Fsp3) is 0.167. The van der Waals surface area contributed by atoms with Crippen molar-refractivity contribution < 1.29 is 0 Å². The number of halogens is 2. The van der Waals surface area contributed by atoms with E-state index in [4.69, 9.17) is 0 Å². The molecular weight excluding hydrogens is 393 g/mol. The van der Waals surface area contributed by atoms with Gasteiger partial charge in [-0.2, -0.15) is 0 Å². The zero-order chi connectivity index (χ0) is 12.3. The quantitative estimate of drug-likeness (QED) is 0.621. The number of nitrogens with one attached hydrogen (secondary N) is 1. The normalized spacial score (nSPS) is 12.2. The molecule has 0 radical (unpaired) electrons. The van der Waals surface area contributed by atoms with E-state index in [1.54, 1.807) is 6.33 Å². The molecule has 0 saturated carbocycles. The molecule has 3 nitrogen and oxygen atoms in total. The summed E-state index contributed by atoms with van der Waals surface area (Å²) in [6.07, 6.45) is 1.57. The van der Waals surface area contributed by atoms with E-state index in [0.29, 0.717) is 0 Å². The molecule has 0 aliphatic heterocycles. The molecular formula is C12H11BrIN3. The van der Waals surface area contributed by atoms with Gasteiger partial charge in [-0.25, -0.2) is 9.97 Å². The molecule has 1 unspecified atom stereocenters. The number of nitrogens with zero attached hydrogens (tertiary/aromatic N) is 2. The van der Waals surface area contributed by atoms with Crippen LogP contribution in [0.2, 0.25) is 0 Å². The Hall–Kier alpha value is -0.690. The first-order valence-corrected chi connectivity index (χ1v) is 7.02. The highest BCUT2D eigenvalue weighted by molar-refractivity contribution is 14.1. The highest BCUT2D eigenvalue weighted by Crippen LogP contribution is 2.20. The van der Waals surface area contributed by atoms with E-state index in [9.17, 15) is 0 Å². The van der Waals surface area contributed by atoms with Gasteiger partial charge >= 0.3 is 0 Å². The minimum absolute atomic E-state index is 0.216. The third-order valence-electron chi connectivity index (χ3n) is 2.37. The Morgan fingerprint density at radius 3 is 2.59 bits per heavy atom. The van der Waals surface area contributed by atoms with Crippen molar-refractivity contribution in [2.75, 3.05) is 5.32 Å². The summed E-state index contributed by atoms with van der Waals surface area (Å²) in [5, 5.41) is 3.35. The van der Waals surface area contributed by atoms with Crippen LogP contribution in [-0.4, -0.2) is 9.97 Å². The highest BCUT2D eigenvalue weighted by atomic mass is 127. The molecule has 2 rings (SSSR count). The van der Waals surface area contributed by atoms with E-state index in [1.165, 1.54) is 5.56 Å². The second kappa shape index (κ2) is 5.77. The van der Waals surface area contributed by atoms with E-state index in [-0.39, 0.29) is 6.04 Å². The number of hydrogen-bond donors (Lipinski definition) is 1. The predicted octanol–water partition coefficient (Wildman–Crippen LogP) is 4.02. The summed E-state index contributed by atoms with van der Waals surface area (Å²) >= 11 is 5.60. The Labute approximate surface area is 122 Å². The van der Waals surface area contributed by atoms with Crippen molar-refractivity contribution in [1.82, 2.24) is 9.97 Å². The van der Waals surface area contributed by atoms with Crippen molar-refractivity contribution >= 4 is 44.3 Å². The first kappa shape index (κ1) is 12.8. The number of anilines is 1. The Balaban J connectivity index is 2.11. The summed E-state index contributed by atoms with van der Waals surface area (Å²) in [5.74, 6) is 0.847. The van der Waals surface area contributed by atoms with Crippen LogP contribution in [-0.2, 0) is 0 Å². The summed E-state index contributed by atoms with van der Waals surface area (Å²) in [6.45, 7) is 2.11. The largest absolute Gasteiger partial charge is 0.363 e. The molecule has 17 heavy (non-hydrogen) atoms. The van der Waals surface area contributed by atoms with Crippen molar-refractivity contribution in [3.05, 3.63) is 50.4 Å². The fourth-order valence-electron chi connectivity index (χ4n) is 1.47.